The minimum absolute atomic E-state index is 0.202. The molecule has 126 valence electrons. The summed E-state index contributed by atoms with van der Waals surface area (Å²) in [5, 5.41) is 3.28. The van der Waals surface area contributed by atoms with Gasteiger partial charge in [0, 0.05) is 25.7 Å². The van der Waals surface area contributed by atoms with Crippen LogP contribution in [0.2, 0.25) is 0 Å². The Hall–Kier alpha value is -0.650. The molecule has 21 heavy (non-hydrogen) atoms. The number of likely N-dealkylation sites (N-methyl/N-ethyl adjacent to an activating group) is 1. The van der Waals surface area contributed by atoms with Gasteiger partial charge in [0.25, 0.3) is 0 Å². The normalized spacial score (nSPS) is 17.3. The fourth-order valence-corrected chi connectivity index (χ4v) is 2.86. The van der Waals surface area contributed by atoms with Gasteiger partial charge < -0.3 is 14.8 Å². The first-order valence-corrected chi connectivity index (χ1v) is 7.94. The molecule has 0 aromatic heterocycles. The van der Waals surface area contributed by atoms with Crippen LogP contribution in [0.4, 0.5) is 0 Å². The molecule has 0 heterocycles. The molecule has 1 N–H and O–H groups in total. The van der Waals surface area contributed by atoms with Crippen LogP contribution in [0.15, 0.2) is 0 Å². The van der Waals surface area contributed by atoms with Crippen molar-refractivity contribution in [3.05, 3.63) is 0 Å². The molecule has 5 nitrogen and oxygen atoms in total. The van der Waals surface area contributed by atoms with Gasteiger partial charge in [0.05, 0.1) is 13.7 Å². The Labute approximate surface area is 130 Å². The highest BCUT2D eigenvalue weighted by Gasteiger charge is 2.36. The van der Waals surface area contributed by atoms with Gasteiger partial charge in [-0.25, -0.2) is 0 Å². The highest BCUT2D eigenvalue weighted by Crippen LogP contribution is 2.20. The lowest BCUT2D eigenvalue weighted by Crippen LogP contribution is -2.55. The van der Waals surface area contributed by atoms with Crippen LogP contribution in [0.1, 0.15) is 47.5 Å². The highest BCUT2D eigenvalue weighted by molar-refractivity contribution is 5.80. The van der Waals surface area contributed by atoms with Crippen molar-refractivity contribution in [1.29, 1.82) is 0 Å². The van der Waals surface area contributed by atoms with E-state index in [-0.39, 0.29) is 12.0 Å². The standard InChI is InChI=1S/C16H34N2O3/c1-8-13(3)18(10-11-20-6)14(4)12-16(5,17-9-2)15(19)21-7/h13-14,17H,8-12H2,1-7H3. The summed E-state index contributed by atoms with van der Waals surface area (Å²) in [6, 6.07) is 0.719. The van der Waals surface area contributed by atoms with E-state index < -0.39 is 5.54 Å². The number of hydrogen-bond donors (Lipinski definition) is 1. The Kier molecular flexibility index (Phi) is 9.83. The monoisotopic (exact) mass is 302 g/mol. The molecule has 0 bridgehead atoms. The van der Waals surface area contributed by atoms with Crippen LogP contribution in [0.3, 0.4) is 0 Å². The van der Waals surface area contributed by atoms with E-state index in [1.54, 1.807) is 7.11 Å². The summed E-state index contributed by atoms with van der Waals surface area (Å²) in [7, 11) is 3.16. The van der Waals surface area contributed by atoms with Crippen molar-refractivity contribution in [2.75, 3.05) is 33.9 Å². The van der Waals surface area contributed by atoms with Crippen LogP contribution in [-0.2, 0) is 14.3 Å². The number of nitrogens with zero attached hydrogens (tertiary/aromatic N) is 1. The molecule has 0 spiro atoms. The van der Waals surface area contributed by atoms with Crippen molar-refractivity contribution in [2.45, 2.75) is 65.1 Å². The number of rotatable bonds is 11. The van der Waals surface area contributed by atoms with Gasteiger partial charge in [0.2, 0.25) is 0 Å². The lowest BCUT2D eigenvalue weighted by molar-refractivity contribution is -0.149. The summed E-state index contributed by atoms with van der Waals surface area (Å²) in [5.74, 6) is -0.202. The predicted octanol–water partition coefficient (Wildman–Crippen LogP) is 2.05. The molecule has 0 aromatic rings. The van der Waals surface area contributed by atoms with Crippen LogP contribution >= 0.6 is 0 Å². The Morgan fingerprint density at radius 2 is 1.86 bits per heavy atom. The topological polar surface area (TPSA) is 50.8 Å². The molecule has 3 unspecified atom stereocenters. The number of methoxy groups -OCH3 is 2. The molecular formula is C16H34N2O3. The SMILES string of the molecule is CCNC(C)(CC(C)N(CCOC)C(C)CC)C(=O)OC. The van der Waals surface area contributed by atoms with Gasteiger partial charge in [-0.15, -0.1) is 0 Å². The highest BCUT2D eigenvalue weighted by atomic mass is 16.5. The summed E-state index contributed by atoms with van der Waals surface area (Å²) >= 11 is 0. The van der Waals surface area contributed by atoms with Crippen LogP contribution in [0.5, 0.6) is 0 Å². The third-order valence-corrected chi connectivity index (χ3v) is 4.18. The maximum absolute atomic E-state index is 12.1. The molecule has 5 heteroatoms. The first-order chi connectivity index (χ1) is 9.86. The molecular weight excluding hydrogens is 268 g/mol. The second-order valence-corrected chi connectivity index (χ2v) is 5.90. The van der Waals surface area contributed by atoms with Gasteiger partial charge in [-0.2, -0.15) is 0 Å². The zero-order chi connectivity index (χ0) is 16.5. The third kappa shape index (κ3) is 6.32. The number of nitrogens with one attached hydrogen (secondary N) is 1. The van der Waals surface area contributed by atoms with E-state index in [2.05, 4.69) is 31.0 Å². The van der Waals surface area contributed by atoms with Crippen molar-refractivity contribution >= 4 is 5.97 Å². The van der Waals surface area contributed by atoms with Crippen molar-refractivity contribution in [1.82, 2.24) is 10.2 Å². The largest absolute Gasteiger partial charge is 0.468 e. The van der Waals surface area contributed by atoms with E-state index in [4.69, 9.17) is 9.47 Å². The fourth-order valence-electron chi connectivity index (χ4n) is 2.86. The van der Waals surface area contributed by atoms with Crippen molar-refractivity contribution in [3.63, 3.8) is 0 Å². The lowest BCUT2D eigenvalue weighted by atomic mass is 9.92. The molecule has 0 fully saturated rings. The van der Waals surface area contributed by atoms with Gasteiger partial charge in [-0.05, 0) is 40.2 Å². The zero-order valence-electron chi connectivity index (χ0n) is 14.9. The quantitative estimate of drug-likeness (QED) is 0.592. The molecule has 0 aliphatic rings. The molecule has 3 atom stereocenters. The molecule has 0 aliphatic carbocycles. The molecule has 0 rings (SSSR count). The molecule has 0 saturated heterocycles. The zero-order valence-corrected chi connectivity index (χ0v) is 14.9. The molecule has 0 radical (unpaired) electrons. The van der Waals surface area contributed by atoms with Gasteiger partial charge in [0.15, 0.2) is 0 Å². The van der Waals surface area contributed by atoms with Crippen LogP contribution in [0.25, 0.3) is 0 Å². The van der Waals surface area contributed by atoms with Gasteiger partial charge in [-0.3, -0.25) is 9.69 Å². The summed E-state index contributed by atoms with van der Waals surface area (Å²) < 4.78 is 10.2. The second kappa shape index (κ2) is 10.1. The van der Waals surface area contributed by atoms with E-state index in [1.165, 1.54) is 7.11 Å². The Morgan fingerprint density at radius 1 is 1.24 bits per heavy atom. The average molecular weight is 302 g/mol. The first-order valence-electron chi connectivity index (χ1n) is 7.94. The molecule has 0 aliphatic heterocycles. The van der Waals surface area contributed by atoms with E-state index in [0.717, 1.165) is 19.5 Å². The fraction of sp³-hybridized carbons (Fsp3) is 0.938. The maximum atomic E-state index is 12.1. The average Bonchev–Trinajstić information content (AvgIpc) is 2.46. The van der Waals surface area contributed by atoms with Crippen molar-refractivity contribution in [2.24, 2.45) is 0 Å². The van der Waals surface area contributed by atoms with Gasteiger partial charge in [0.1, 0.15) is 5.54 Å². The van der Waals surface area contributed by atoms with Crippen LogP contribution in [0, 0.1) is 0 Å². The van der Waals surface area contributed by atoms with E-state index >= 15 is 0 Å². The molecule has 0 amide bonds. The van der Waals surface area contributed by atoms with E-state index in [9.17, 15) is 4.79 Å². The summed E-state index contributed by atoms with van der Waals surface area (Å²) in [4.78, 5) is 14.5. The van der Waals surface area contributed by atoms with Crippen LogP contribution in [-0.4, -0.2) is 62.4 Å². The van der Waals surface area contributed by atoms with Gasteiger partial charge in [-0.1, -0.05) is 13.8 Å². The number of ether oxygens (including phenoxy) is 2. The third-order valence-electron chi connectivity index (χ3n) is 4.18. The summed E-state index contributed by atoms with van der Waals surface area (Å²) in [6.45, 7) is 12.8. The van der Waals surface area contributed by atoms with E-state index in [0.29, 0.717) is 19.1 Å². The van der Waals surface area contributed by atoms with Gasteiger partial charge >= 0.3 is 5.97 Å². The minimum Gasteiger partial charge on any atom is -0.468 e. The van der Waals surface area contributed by atoms with Crippen molar-refractivity contribution in [3.8, 4) is 0 Å². The predicted molar refractivity (Wildman–Crippen MR) is 86.5 cm³/mol. The Morgan fingerprint density at radius 3 is 2.29 bits per heavy atom. The number of carbonyl (C=O) groups excluding carboxylic acids is 1. The Balaban J connectivity index is 4.96. The van der Waals surface area contributed by atoms with Crippen LogP contribution < -0.4 is 5.32 Å². The second-order valence-electron chi connectivity index (χ2n) is 5.90. The maximum Gasteiger partial charge on any atom is 0.325 e. The summed E-state index contributed by atoms with van der Waals surface area (Å²) in [5.41, 5.74) is -0.651. The first kappa shape index (κ1) is 20.3. The minimum atomic E-state index is -0.651. The Bertz CT molecular complexity index is 299. The van der Waals surface area contributed by atoms with E-state index in [1.807, 2.05) is 13.8 Å². The smallest absolute Gasteiger partial charge is 0.325 e. The van der Waals surface area contributed by atoms with Crippen molar-refractivity contribution < 1.29 is 14.3 Å². The number of esters is 1. The number of hydrogen-bond acceptors (Lipinski definition) is 5. The molecule has 0 aromatic carbocycles. The summed E-state index contributed by atoms with van der Waals surface area (Å²) in [6.07, 6.45) is 1.78. The number of carbonyl (C=O) groups is 1. The molecule has 0 saturated carbocycles. The lowest BCUT2D eigenvalue weighted by Gasteiger charge is -2.38.